The predicted molar refractivity (Wildman–Crippen MR) is 86.1 cm³/mol. The summed E-state index contributed by atoms with van der Waals surface area (Å²) in [6.45, 7) is 5.37. The van der Waals surface area contributed by atoms with E-state index in [4.69, 9.17) is 16.3 Å². The number of likely N-dealkylation sites (tertiary alicyclic amines) is 1. The molecule has 21 heavy (non-hydrogen) atoms. The van der Waals surface area contributed by atoms with Crippen molar-refractivity contribution in [3.8, 4) is 5.75 Å². The quantitative estimate of drug-likeness (QED) is 0.686. The zero-order valence-electron chi connectivity index (χ0n) is 12.4. The van der Waals surface area contributed by atoms with Gasteiger partial charge in [-0.05, 0) is 57.6 Å². The molecule has 0 spiro atoms. The van der Waals surface area contributed by atoms with Crippen LogP contribution < -0.4 is 10.1 Å². The highest BCUT2D eigenvalue weighted by Crippen LogP contribution is 2.22. The molecule has 1 aliphatic rings. The highest BCUT2D eigenvalue weighted by molar-refractivity contribution is 6.32. The summed E-state index contributed by atoms with van der Waals surface area (Å²) < 4.78 is 5.51. The van der Waals surface area contributed by atoms with Gasteiger partial charge in [0.2, 0.25) is 0 Å². The lowest BCUT2D eigenvalue weighted by Gasteiger charge is -2.16. The van der Waals surface area contributed by atoms with E-state index in [0.29, 0.717) is 17.3 Å². The fourth-order valence-corrected chi connectivity index (χ4v) is 2.70. The van der Waals surface area contributed by atoms with Gasteiger partial charge in [-0.2, -0.15) is 0 Å². The van der Waals surface area contributed by atoms with Crippen LogP contribution in [0, 0.1) is 0 Å². The highest BCUT2D eigenvalue weighted by Gasteiger charge is 2.10. The van der Waals surface area contributed by atoms with Crippen LogP contribution in [0.2, 0.25) is 5.02 Å². The van der Waals surface area contributed by atoms with Gasteiger partial charge in [0.15, 0.2) is 0 Å². The van der Waals surface area contributed by atoms with Gasteiger partial charge >= 0.3 is 0 Å². The van der Waals surface area contributed by atoms with E-state index < -0.39 is 6.10 Å². The fourth-order valence-electron chi connectivity index (χ4n) is 2.51. The van der Waals surface area contributed by atoms with Crippen LogP contribution in [0.1, 0.15) is 19.3 Å². The van der Waals surface area contributed by atoms with Gasteiger partial charge in [0.05, 0.1) is 5.02 Å². The molecule has 0 saturated carbocycles. The minimum atomic E-state index is -0.520. The Morgan fingerprint density at radius 1 is 1.29 bits per heavy atom. The van der Waals surface area contributed by atoms with E-state index in [1.165, 1.54) is 25.9 Å². The Kier molecular flexibility index (Phi) is 7.30. The molecule has 0 aromatic heterocycles. The Bertz CT molecular complexity index is 411. The van der Waals surface area contributed by atoms with Crippen LogP contribution in [0.4, 0.5) is 0 Å². The van der Waals surface area contributed by atoms with E-state index >= 15 is 0 Å². The second-order valence-electron chi connectivity index (χ2n) is 5.50. The number of nitrogens with one attached hydrogen (secondary N) is 1. The van der Waals surface area contributed by atoms with E-state index in [0.717, 1.165) is 19.5 Å². The first-order valence-electron chi connectivity index (χ1n) is 7.74. The number of aliphatic hydroxyl groups is 1. The smallest absolute Gasteiger partial charge is 0.138 e. The molecule has 0 bridgehead atoms. The summed E-state index contributed by atoms with van der Waals surface area (Å²) >= 11 is 5.99. The minimum Gasteiger partial charge on any atom is -0.489 e. The molecule has 1 aromatic rings. The number of aliphatic hydroxyl groups excluding tert-OH is 1. The monoisotopic (exact) mass is 312 g/mol. The number of nitrogens with zero attached hydrogens (tertiary/aromatic N) is 1. The number of hydrogen-bond donors (Lipinski definition) is 2. The summed E-state index contributed by atoms with van der Waals surface area (Å²) in [6.07, 6.45) is 3.28. The van der Waals surface area contributed by atoms with E-state index in [2.05, 4.69) is 10.2 Å². The van der Waals surface area contributed by atoms with Crippen LogP contribution in [-0.2, 0) is 0 Å². The third kappa shape index (κ3) is 6.22. The number of rotatable bonds is 9. The van der Waals surface area contributed by atoms with Crippen molar-refractivity contribution >= 4 is 11.6 Å². The van der Waals surface area contributed by atoms with Crippen molar-refractivity contribution in [1.29, 1.82) is 0 Å². The summed E-state index contributed by atoms with van der Waals surface area (Å²) in [5.74, 6) is 0.618. The minimum absolute atomic E-state index is 0.253. The lowest BCUT2D eigenvalue weighted by molar-refractivity contribution is 0.106. The zero-order valence-corrected chi connectivity index (χ0v) is 13.2. The topological polar surface area (TPSA) is 44.7 Å². The SMILES string of the molecule is OC(CNCCCN1CCCC1)COc1ccccc1Cl. The van der Waals surface area contributed by atoms with Crippen LogP contribution in [0.5, 0.6) is 5.75 Å². The van der Waals surface area contributed by atoms with Crippen LogP contribution in [0.15, 0.2) is 24.3 Å². The first kappa shape index (κ1) is 16.6. The average molecular weight is 313 g/mol. The number of para-hydroxylation sites is 1. The van der Waals surface area contributed by atoms with E-state index in [1.807, 2.05) is 12.1 Å². The summed E-state index contributed by atoms with van der Waals surface area (Å²) in [4.78, 5) is 2.50. The summed E-state index contributed by atoms with van der Waals surface area (Å²) in [7, 11) is 0. The molecule has 0 amide bonds. The van der Waals surface area contributed by atoms with Crippen LogP contribution >= 0.6 is 11.6 Å². The molecular formula is C16H25ClN2O2. The molecule has 4 nitrogen and oxygen atoms in total. The Balaban J connectivity index is 1.51. The second-order valence-corrected chi connectivity index (χ2v) is 5.91. The molecule has 1 saturated heterocycles. The van der Waals surface area contributed by atoms with Gasteiger partial charge in [0.1, 0.15) is 18.5 Å². The molecule has 1 heterocycles. The second kappa shape index (κ2) is 9.26. The maximum atomic E-state index is 9.87. The fraction of sp³-hybridized carbons (Fsp3) is 0.625. The molecule has 118 valence electrons. The van der Waals surface area contributed by atoms with Crippen molar-refractivity contribution < 1.29 is 9.84 Å². The normalized spacial score (nSPS) is 17.0. The molecule has 0 aliphatic carbocycles. The van der Waals surface area contributed by atoms with Gasteiger partial charge in [-0.15, -0.1) is 0 Å². The maximum Gasteiger partial charge on any atom is 0.138 e. The summed E-state index contributed by atoms with van der Waals surface area (Å²) in [5.41, 5.74) is 0. The zero-order chi connectivity index (χ0) is 14.9. The summed E-state index contributed by atoms with van der Waals surface area (Å²) in [6, 6.07) is 7.30. The first-order chi connectivity index (χ1) is 10.3. The molecule has 2 rings (SSSR count). The van der Waals surface area contributed by atoms with Crippen molar-refractivity contribution in [2.24, 2.45) is 0 Å². The Labute approximate surface area is 132 Å². The Morgan fingerprint density at radius 3 is 2.81 bits per heavy atom. The lowest BCUT2D eigenvalue weighted by Crippen LogP contribution is -2.33. The van der Waals surface area contributed by atoms with E-state index in [-0.39, 0.29) is 6.61 Å². The van der Waals surface area contributed by atoms with Crippen molar-refractivity contribution in [2.45, 2.75) is 25.4 Å². The molecular weight excluding hydrogens is 288 g/mol. The maximum absolute atomic E-state index is 9.87. The van der Waals surface area contributed by atoms with Crippen molar-refractivity contribution in [3.63, 3.8) is 0 Å². The summed E-state index contributed by atoms with van der Waals surface area (Å²) in [5, 5.41) is 13.7. The van der Waals surface area contributed by atoms with E-state index in [9.17, 15) is 5.11 Å². The van der Waals surface area contributed by atoms with Crippen molar-refractivity contribution in [3.05, 3.63) is 29.3 Å². The first-order valence-corrected chi connectivity index (χ1v) is 8.12. The molecule has 5 heteroatoms. The van der Waals surface area contributed by atoms with Gasteiger partial charge in [-0.25, -0.2) is 0 Å². The Hall–Kier alpha value is -0.810. The predicted octanol–water partition coefficient (Wildman–Crippen LogP) is 2.16. The third-order valence-corrected chi connectivity index (χ3v) is 3.99. The highest BCUT2D eigenvalue weighted by atomic mass is 35.5. The van der Waals surface area contributed by atoms with Crippen molar-refractivity contribution in [1.82, 2.24) is 10.2 Å². The molecule has 1 unspecified atom stereocenters. The van der Waals surface area contributed by atoms with Crippen LogP contribution in [0.3, 0.4) is 0 Å². The standard InChI is InChI=1S/C16H25ClN2O2/c17-15-6-1-2-7-16(15)21-13-14(20)12-18-8-5-11-19-9-3-4-10-19/h1-2,6-7,14,18,20H,3-5,8-13H2. The lowest BCUT2D eigenvalue weighted by atomic mass is 10.3. The number of halogens is 1. The van der Waals surface area contributed by atoms with Gasteiger partial charge in [-0.1, -0.05) is 23.7 Å². The van der Waals surface area contributed by atoms with Gasteiger partial charge in [0.25, 0.3) is 0 Å². The van der Waals surface area contributed by atoms with E-state index in [1.54, 1.807) is 12.1 Å². The average Bonchev–Trinajstić information content (AvgIpc) is 2.99. The van der Waals surface area contributed by atoms with Crippen LogP contribution in [-0.4, -0.2) is 55.4 Å². The number of ether oxygens (including phenoxy) is 1. The molecule has 1 aliphatic heterocycles. The molecule has 1 fully saturated rings. The third-order valence-electron chi connectivity index (χ3n) is 3.67. The Morgan fingerprint density at radius 2 is 2.05 bits per heavy atom. The van der Waals surface area contributed by atoms with Crippen LogP contribution in [0.25, 0.3) is 0 Å². The molecule has 1 aromatic carbocycles. The largest absolute Gasteiger partial charge is 0.489 e. The number of hydrogen-bond acceptors (Lipinski definition) is 4. The molecule has 0 radical (unpaired) electrons. The molecule has 2 N–H and O–H groups in total. The van der Waals surface area contributed by atoms with Gasteiger partial charge < -0.3 is 20.1 Å². The molecule has 1 atom stereocenters. The number of benzene rings is 1. The van der Waals surface area contributed by atoms with Gasteiger partial charge in [0, 0.05) is 6.54 Å². The van der Waals surface area contributed by atoms with Crippen molar-refractivity contribution in [2.75, 3.05) is 39.3 Å². The van der Waals surface area contributed by atoms with Gasteiger partial charge in [-0.3, -0.25) is 0 Å².